The van der Waals surface area contributed by atoms with E-state index in [1.807, 2.05) is 20.8 Å². The molecule has 0 unspecified atom stereocenters. The quantitative estimate of drug-likeness (QED) is 0.534. The maximum absolute atomic E-state index is 11.2. The van der Waals surface area contributed by atoms with Crippen LogP contribution in [0.4, 0.5) is 0 Å². The van der Waals surface area contributed by atoms with Gasteiger partial charge in [0.25, 0.3) is 0 Å². The molecule has 0 aliphatic heterocycles. The normalized spacial score (nSPS) is 11.9. The van der Waals surface area contributed by atoms with E-state index < -0.39 is 0 Å². The maximum Gasteiger partial charge on any atom is 0.320 e. The average Bonchev–Trinajstić information content (AvgIpc) is 2.12. The van der Waals surface area contributed by atoms with Gasteiger partial charge in [-0.25, -0.2) is 0 Å². The molecule has 0 spiro atoms. The number of rotatable bonds is 7. The zero-order valence-electron chi connectivity index (χ0n) is 11.1. The lowest BCUT2D eigenvalue weighted by atomic mass is 10.1. The summed E-state index contributed by atoms with van der Waals surface area (Å²) in [5.74, 6) is 0.279. The van der Waals surface area contributed by atoms with Crippen molar-refractivity contribution >= 4 is 5.97 Å². The van der Waals surface area contributed by atoms with E-state index in [2.05, 4.69) is 19.2 Å². The Kier molecular flexibility index (Phi) is 7.34. The molecule has 0 saturated carbocycles. The monoisotopic (exact) mass is 231 g/mol. The van der Waals surface area contributed by atoms with Crippen LogP contribution in [0.15, 0.2) is 0 Å². The van der Waals surface area contributed by atoms with Crippen molar-refractivity contribution in [2.24, 2.45) is 5.92 Å². The molecule has 0 aromatic heterocycles. The first-order valence-corrected chi connectivity index (χ1v) is 5.79. The summed E-state index contributed by atoms with van der Waals surface area (Å²) in [7, 11) is 0. The first-order valence-electron chi connectivity index (χ1n) is 5.79. The molecular formula is C12H25NO3. The van der Waals surface area contributed by atoms with Crippen LogP contribution in [0.1, 0.15) is 34.6 Å². The molecular weight excluding hydrogens is 206 g/mol. The topological polar surface area (TPSA) is 47.6 Å². The summed E-state index contributed by atoms with van der Waals surface area (Å²) >= 11 is 0. The van der Waals surface area contributed by atoms with Crippen molar-refractivity contribution in [3.05, 3.63) is 0 Å². The summed E-state index contributed by atoms with van der Waals surface area (Å²) in [6.07, 6.45) is 0. The summed E-state index contributed by atoms with van der Waals surface area (Å²) in [6, 6.07) is 0. The number of carbonyl (C=O) groups is 1. The highest BCUT2D eigenvalue weighted by Crippen LogP contribution is 1.97. The molecule has 1 N–H and O–H groups in total. The molecule has 16 heavy (non-hydrogen) atoms. The fourth-order valence-corrected chi connectivity index (χ4v) is 0.922. The van der Waals surface area contributed by atoms with Crippen LogP contribution in [0.5, 0.6) is 0 Å². The first kappa shape index (κ1) is 15.4. The largest absolute Gasteiger partial charge is 0.462 e. The summed E-state index contributed by atoms with van der Waals surface area (Å²) in [5.41, 5.74) is -0.0623. The summed E-state index contributed by atoms with van der Waals surface area (Å²) < 4.78 is 10.3. The number of ether oxygens (including phenoxy) is 2. The summed E-state index contributed by atoms with van der Waals surface area (Å²) in [5, 5.41) is 3.07. The zero-order chi connectivity index (χ0) is 12.6. The van der Waals surface area contributed by atoms with Gasteiger partial charge in [-0.2, -0.15) is 0 Å². The van der Waals surface area contributed by atoms with Gasteiger partial charge in [0.05, 0.1) is 13.2 Å². The molecule has 4 heteroatoms. The van der Waals surface area contributed by atoms with Crippen molar-refractivity contribution in [3.8, 4) is 0 Å². The van der Waals surface area contributed by atoms with E-state index in [1.165, 1.54) is 0 Å². The van der Waals surface area contributed by atoms with Gasteiger partial charge in [-0.3, -0.25) is 4.79 Å². The van der Waals surface area contributed by atoms with E-state index in [9.17, 15) is 4.79 Å². The van der Waals surface area contributed by atoms with Crippen molar-refractivity contribution in [1.29, 1.82) is 0 Å². The van der Waals surface area contributed by atoms with E-state index in [0.29, 0.717) is 25.7 Å². The molecule has 0 fully saturated rings. The minimum absolute atomic E-state index is 0.0623. The third kappa shape index (κ3) is 11.5. The molecule has 0 amide bonds. The molecule has 0 rings (SSSR count). The molecule has 96 valence electrons. The molecule has 0 aliphatic carbocycles. The highest BCUT2D eigenvalue weighted by Gasteiger charge is 2.11. The second-order valence-electron chi connectivity index (χ2n) is 5.29. The molecule has 0 aliphatic rings. The van der Waals surface area contributed by atoms with Crippen molar-refractivity contribution in [2.75, 3.05) is 26.4 Å². The predicted octanol–water partition coefficient (Wildman–Crippen LogP) is 1.59. The first-order chi connectivity index (χ1) is 7.31. The highest BCUT2D eigenvalue weighted by molar-refractivity contribution is 5.71. The zero-order valence-corrected chi connectivity index (χ0v) is 11.1. The third-order valence-corrected chi connectivity index (χ3v) is 1.70. The number of hydrogen-bond acceptors (Lipinski definition) is 4. The Bertz CT molecular complexity index is 197. The number of hydrogen-bond donors (Lipinski definition) is 1. The van der Waals surface area contributed by atoms with Gasteiger partial charge in [-0.15, -0.1) is 0 Å². The van der Waals surface area contributed by atoms with Crippen molar-refractivity contribution in [1.82, 2.24) is 5.32 Å². The van der Waals surface area contributed by atoms with Crippen molar-refractivity contribution in [3.63, 3.8) is 0 Å². The van der Waals surface area contributed by atoms with Gasteiger partial charge in [0.2, 0.25) is 0 Å². The van der Waals surface area contributed by atoms with Gasteiger partial charge in [0, 0.05) is 12.1 Å². The lowest BCUT2D eigenvalue weighted by Gasteiger charge is -2.19. The van der Waals surface area contributed by atoms with E-state index in [-0.39, 0.29) is 18.1 Å². The smallest absolute Gasteiger partial charge is 0.320 e. The Hall–Kier alpha value is -0.610. The standard InChI is InChI=1S/C12H25NO3/c1-10(2)9-15-6-7-16-11(14)8-13-12(3,4)5/h10,13H,6-9H2,1-5H3. The second-order valence-corrected chi connectivity index (χ2v) is 5.29. The maximum atomic E-state index is 11.2. The van der Waals surface area contributed by atoms with Gasteiger partial charge in [0.15, 0.2) is 0 Å². The van der Waals surface area contributed by atoms with Crippen LogP contribution in [0, 0.1) is 5.92 Å². The van der Waals surface area contributed by atoms with Crippen LogP contribution in [0.2, 0.25) is 0 Å². The minimum Gasteiger partial charge on any atom is -0.462 e. The Morgan fingerprint density at radius 1 is 1.25 bits per heavy atom. The van der Waals surface area contributed by atoms with Crippen LogP contribution < -0.4 is 5.32 Å². The Morgan fingerprint density at radius 3 is 2.38 bits per heavy atom. The van der Waals surface area contributed by atoms with Gasteiger partial charge < -0.3 is 14.8 Å². The SMILES string of the molecule is CC(C)COCCOC(=O)CNC(C)(C)C. The lowest BCUT2D eigenvalue weighted by molar-refractivity contribution is -0.144. The fraction of sp³-hybridized carbons (Fsp3) is 0.917. The van der Waals surface area contributed by atoms with Crippen LogP contribution >= 0.6 is 0 Å². The van der Waals surface area contributed by atoms with Gasteiger partial charge in [0.1, 0.15) is 6.61 Å². The lowest BCUT2D eigenvalue weighted by Crippen LogP contribution is -2.40. The minimum atomic E-state index is -0.233. The predicted molar refractivity (Wildman–Crippen MR) is 64.4 cm³/mol. The van der Waals surface area contributed by atoms with E-state index >= 15 is 0 Å². The van der Waals surface area contributed by atoms with E-state index in [4.69, 9.17) is 9.47 Å². The molecule has 0 saturated heterocycles. The average molecular weight is 231 g/mol. The van der Waals surface area contributed by atoms with E-state index in [1.54, 1.807) is 0 Å². The Balaban J connectivity index is 3.38. The third-order valence-electron chi connectivity index (χ3n) is 1.70. The Morgan fingerprint density at radius 2 is 1.88 bits per heavy atom. The molecule has 0 atom stereocenters. The molecule has 4 nitrogen and oxygen atoms in total. The number of carbonyl (C=O) groups excluding carboxylic acids is 1. The Labute approximate surface area is 98.7 Å². The molecule has 0 bridgehead atoms. The van der Waals surface area contributed by atoms with Gasteiger partial charge >= 0.3 is 5.97 Å². The van der Waals surface area contributed by atoms with Crippen molar-refractivity contribution < 1.29 is 14.3 Å². The molecule has 0 aromatic rings. The van der Waals surface area contributed by atoms with Crippen LogP contribution in [0.25, 0.3) is 0 Å². The number of esters is 1. The van der Waals surface area contributed by atoms with Crippen molar-refractivity contribution in [2.45, 2.75) is 40.2 Å². The molecule has 0 aromatic carbocycles. The van der Waals surface area contributed by atoms with Gasteiger partial charge in [-0.1, -0.05) is 13.8 Å². The fourth-order valence-electron chi connectivity index (χ4n) is 0.922. The molecule has 0 heterocycles. The second kappa shape index (κ2) is 7.63. The summed E-state index contributed by atoms with van der Waals surface area (Å²) in [4.78, 5) is 11.2. The van der Waals surface area contributed by atoms with E-state index in [0.717, 1.165) is 0 Å². The number of nitrogens with one attached hydrogen (secondary N) is 1. The van der Waals surface area contributed by atoms with Crippen LogP contribution in [-0.4, -0.2) is 37.9 Å². The highest BCUT2D eigenvalue weighted by atomic mass is 16.6. The van der Waals surface area contributed by atoms with Gasteiger partial charge in [-0.05, 0) is 26.7 Å². The summed E-state index contributed by atoms with van der Waals surface area (Å²) in [6.45, 7) is 11.9. The van der Waals surface area contributed by atoms with Crippen LogP contribution in [0.3, 0.4) is 0 Å². The van der Waals surface area contributed by atoms with Crippen LogP contribution in [-0.2, 0) is 14.3 Å². The molecule has 0 radical (unpaired) electrons.